The van der Waals surface area contributed by atoms with Crippen LogP contribution < -0.4 is 0 Å². The first-order valence-electron chi connectivity index (χ1n) is 13.9. The Bertz CT molecular complexity index is 902. The molecule has 10 heteroatoms. The first kappa shape index (κ1) is 34.2. The molecule has 1 rings (SSSR count). The summed E-state index contributed by atoms with van der Waals surface area (Å²) in [5.74, 6) is -11.7. The van der Waals surface area contributed by atoms with Gasteiger partial charge in [0.1, 0.15) is 0 Å². The maximum absolute atomic E-state index is 14.6. The number of hydrogen-bond acceptors (Lipinski definition) is 3. The van der Waals surface area contributed by atoms with Crippen LogP contribution in [0.2, 0.25) is 0 Å². The predicted octanol–water partition coefficient (Wildman–Crippen LogP) is 9.71. The molecule has 218 valence electrons. The fourth-order valence-electron chi connectivity index (χ4n) is 5.08. The number of rotatable bonds is 20. The average Bonchev–Trinajstić information content (AvgIpc) is 2.87. The third kappa shape index (κ3) is 9.13. The van der Waals surface area contributed by atoms with Crippen LogP contribution in [0.1, 0.15) is 111 Å². The Balaban J connectivity index is 3.59. The van der Waals surface area contributed by atoms with Crippen LogP contribution in [0.15, 0.2) is 4.90 Å². The van der Waals surface area contributed by atoms with Crippen molar-refractivity contribution in [1.29, 1.82) is 0 Å². The fraction of sp³-hybridized carbons (Fsp3) is 0.778. The second-order valence-corrected chi connectivity index (χ2v) is 17.8. The topological polar surface area (TPSA) is 43.4 Å². The van der Waals surface area contributed by atoms with E-state index in [1.165, 1.54) is 0 Å². The van der Waals surface area contributed by atoms with Gasteiger partial charge in [-0.05, 0) is 0 Å². The molecule has 0 aliphatic rings. The number of halogens is 5. The maximum atomic E-state index is 14.6. The summed E-state index contributed by atoms with van der Waals surface area (Å²) in [6.45, 7) is 4.38. The molecule has 0 heterocycles. The Morgan fingerprint density at radius 3 is 1.24 bits per heavy atom. The van der Waals surface area contributed by atoms with Crippen LogP contribution >= 0.6 is 6.83 Å². The molecule has 0 fully saturated rings. The van der Waals surface area contributed by atoms with Gasteiger partial charge < -0.3 is 0 Å². The van der Waals surface area contributed by atoms with Crippen molar-refractivity contribution in [3.05, 3.63) is 29.1 Å². The second kappa shape index (κ2) is 15.7. The molecule has 0 bridgehead atoms. The molecule has 0 unspecified atom stereocenters. The van der Waals surface area contributed by atoms with Gasteiger partial charge >= 0.3 is 221 Å². The van der Waals surface area contributed by atoms with E-state index in [0.29, 0.717) is 50.3 Å². The zero-order valence-electron chi connectivity index (χ0n) is 23.0. The minimum absolute atomic E-state index is 0.451. The van der Waals surface area contributed by atoms with E-state index >= 15 is 0 Å². The first-order chi connectivity index (χ1) is 17.4. The molecule has 37 heavy (non-hydrogen) atoms. The van der Waals surface area contributed by atoms with Crippen molar-refractivity contribution >= 4 is 16.9 Å². The van der Waals surface area contributed by atoms with Gasteiger partial charge in [-0.15, -0.1) is 0 Å². The number of benzene rings is 1. The third-order valence-corrected chi connectivity index (χ3v) is 16.4. The summed E-state index contributed by atoms with van der Waals surface area (Å²) in [4.78, 5) is -1.87. The Labute approximate surface area is 221 Å². The van der Waals surface area contributed by atoms with Crippen LogP contribution in [0.25, 0.3) is 0 Å². The van der Waals surface area contributed by atoms with Crippen molar-refractivity contribution < 1.29 is 34.3 Å². The Kier molecular flexibility index (Phi) is 14.5. The van der Waals surface area contributed by atoms with Crippen molar-refractivity contribution in [2.24, 2.45) is 0 Å². The Morgan fingerprint density at radius 1 is 0.514 bits per heavy atom. The van der Waals surface area contributed by atoms with Crippen molar-refractivity contribution in [2.75, 3.05) is 24.6 Å². The summed E-state index contributed by atoms with van der Waals surface area (Å²) in [5.41, 5.74) is 0. The Hall–Kier alpha value is -0.790. The van der Waals surface area contributed by atoms with E-state index in [9.17, 15) is 30.4 Å². The standard InChI is InChI=1S/C27H46F5O3PS/c1-5-9-13-14-15-16-17-21-36(18-10-6-2,19-11-7-3,20-12-8-4)35-37(33,34)27-25(31)23(29)22(28)24(30)26(27)32/h5-21H2,1-4H3. The first-order valence-corrected chi connectivity index (χ1v) is 18.2. The monoisotopic (exact) mass is 576 g/mol. The molecule has 1 aromatic carbocycles. The molecule has 0 saturated carbocycles. The zero-order chi connectivity index (χ0) is 28.1. The number of unbranched alkanes of at least 4 members (excludes halogenated alkanes) is 9. The van der Waals surface area contributed by atoms with Gasteiger partial charge in [-0.25, -0.2) is 0 Å². The molecule has 0 aliphatic carbocycles. The van der Waals surface area contributed by atoms with Gasteiger partial charge in [-0.1, -0.05) is 0 Å². The molecule has 0 spiro atoms. The van der Waals surface area contributed by atoms with Crippen LogP contribution in [0.4, 0.5) is 22.0 Å². The SMILES string of the molecule is CCCCCCCCCP(CCCC)(CCCC)(CCCC)OS(=O)(=O)c1c(F)c(F)c(F)c(F)c1F. The summed E-state index contributed by atoms with van der Waals surface area (Å²) < 4.78 is 104. The fourth-order valence-corrected chi connectivity index (χ4v) is 15.1. The molecule has 0 aromatic heterocycles. The van der Waals surface area contributed by atoms with Gasteiger partial charge in [0.2, 0.25) is 0 Å². The van der Waals surface area contributed by atoms with Crippen molar-refractivity contribution in [3.63, 3.8) is 0 Å². The van der Waals surface area contributed by atoms with Gasteiger partial charge in [-0.2, -0.15) is 0 Å². The van der Waals surface area contributed by atoms with Gasteiger partial charge in [0.05, 0.1) is 0 Å². The molecule has 0 amide bonds. The molecular formula is C27H46F5O3PS. The third-order valence-electron chi connectivity index (χ3n) is 7.29. The van der Waals surface area contributed by atoms with Crippen LogP contribution in [0.5, 0.6) is 0 Å². The summed E-state index contributed by atoms with van der Waals surface area (Å²) >= 11 is 0. The Morgan fingerprint density at radius 2 is 0.838 bits per heavy atom. The van der Waals surface area contributed by atoms with E-state index in [4.69, 9.17) is 3.97 Å². The molecule has 0 saturated heterocycles. The van der Waals surface area contributed by atoms with Crippen LogP contribution in [0.3, 0.4) is 0 Å². The summed E-state index contributed by atoms with van der Waals surface area (Å²) in [7, 11) is -5.28. The van der Waals surface area contributed by atoms with E-state index in [1.807, 2.05) is 20.8 Å². The molecule has 1 aromatic rings. The molecule has 0 N–H and O–H groups in total. The summed E-state index contributed by atoms with van der Waals surface area (Å²) in [6.07, 6.45) is 13.2. The average molecular weight is 577 g/mol. The second-order valence-electron chi connectivity index (χ2n) is 10.4. The van der Waals surface area contributed by atoms with Crippen molar-refractivity contribution in [1.82, 2.24) is 0 Å². The van der Waals surface area contributed by atoms with Gasteiger partial charge in [0.25, 0.3) is 0 Å². The van der Waals surface area contributed by atoms with Gasteiger partial charge in [-0.3, -0.25) is 0 Å². The zero-order valence-corrected chi connectivity index (χ0v) is 24.7. The van der Waals surface area contributed by atoms with E-state index in [-0.39, 0.29) is 0 Å². The van der Waals surface area contributed by atoms with Crippen molar-refractivity contribution in [2.45, 2.75) is 116 Å². The van der Waals surface area contributed by atoms with E-state index in [0.717, 1.165) is 57.8 Å². The molecule has 0 atom stereocenters. The van der Waals surface area contributed by atoms with E-state index in [1.54, 1.807) is 0 Å². The number of hydrogen-bond donors (Lipinski definition) is 0. The van der Waals surface area contributed by atoms with E-state index in [2.05, 4.69) is 6.92 Å². The molecule has 0 radical (unpaired) electrons. The van der Waals surface area contributed by atoms with Crippen molar-refractivity contribution in [3.8, 4) is 0 Å². The quantitative estimate of drug-likeness (QED) is 0.0510. The normalized spacial score (nSPS) is 13.6. The van der Waals surface area contributed by atoms with Crippen LogP contribution in [0, 0.1) is 29.1 Å². The minimum atomic E-state index is -5.28. The summed E-state index contributed by atoms with van der Waals surface area (Å²) in [6, 6.07) is 0. The van der Waals surface area contributed by atoms with Gasteiger partial charge in [0, 0.05) is 0 Å². The summed E-state index contributed by atoms with van der Waals surface area (Å²) in [5, 5.41) is 0. The van der Waals surface area contributed by atoms with Crippen LogP contribution in [-0.4, -0.2) is 33.1 Å². The van der Waals surface area contributed by atoms with Crippen LogP contribution in [-0.2, 0) is 14.1 Å². The van der Waals surface area contributed by atoms with Gasteiger partial charge in [0.15, 0.2) is 0 Å². The molecule has 3 nitrogen and oxygen atoms in total. The predicted molar refractivity (Wildman–Crippen MR) is 144 cm³/mol. The molecular weight excluding hydrogens is 530 g/mol. The molecule has 0 aliphatic heterocycles. The van der Waals surface area contributed by atoms with E-state index < -0.39 is 50.9 Å².